The van der Waals surface area contributed by atoms with Gasteiger partial charge >= 0.3 is 5.97 Å². The second kappa shape index (κ2) is 9.50. The van der Waals surface area contributed by atoms with E-state index in [-0.39, 0.29) is 5.97 Å². The van der Waals surface area contributed by atoms with Crippen LogP contribution in [0.4, 0.5) is 0 Å². The molecule has 1 aliphatic heterocycles. The summed E-state index contributed by atoms with van der Waals surface area (Å²) in [6.45, 7) is 3.99. The molecular weight excluding hydrogens is 415 g/mol. The van der Waals surface area contributed by atoms with E-state index < -0.39 is 6.04 Å². The average molecular weight is 435 g/mol. The molecule has 3 rings (SSSR count). The Bertz CT molecular complexity index is 929. The number of esters is 1. The van der Waals surface area contributed by atoms with Gasteiger partial charge in [0.1, 0.15) is 6.04 Å². The number of hydrogen-bond acceptors (Lipinski definition) is 5. The number of aliphatic imine (C=N–C) groups is 1. The monoisotopic (exact) mass is 434 g/mol. The van der Waals surface area contributed by atoms with E-state index in [9.17, 15) is 4.79 Å². The van der Waals surface area contributed by atoms with Gasteiger partial charge in [0.2, 0.25) is 0 Å². The zero-order valence-corrected chi connectivity index (χ0v) is 17.9. The highest BCUT2D eigenvalue weighted by Gasteiger charge is 2.30. The summed E-state index contributed by atoms with van der Waals surface area (Å²) in [6, 6.07) is 14.9. The molecule has 0 aliphatic carbocycles. The Morgan fingerprint density at radius 2 is 1.93 bits per heavy atom. The highest BCUT2D eigenvalue weighted by molar-refractivity contribution is 8.13. The molecule has 0 radical (unpaired) electrons. The Balaban J connectivity index is 1.85. The van der Waals surface area contributed by atoms with Gasteiger partial charge in [0.05, 0.1) is 22.2 Å². The van der Waals surface area contributed by atoms with E-state index in [1.807, 2.05) is 49.4 Å². The van der Waals surface area contributed by atoms with Crippen molar-refractivity contribution in [2.24, 2.45) is 4.99 Å². The summed E-state index contributed by atoms with van der Waals surface area (Å²) in [5, 5.41) is 5.04. The minimum Gasteiger partial charge on any atom is -0.463 e. The second-order valence-corrected chi connectivity index (χ2v) is 7.95. The quantitative estimate of drug-likeness (QED) is 0.607. The van der Waals surface area contributed by atoms with Crippen molar-refractivity contribution in [1.82, 2.24) is 5.32 Å². The molecule has 2 aromatic carbocycles. The van der Waals surface area contributed by atoms with Crippen LogP contribution in [0.5, 0.6) is 0 Å². The van der Waals surface area contributed by atoms with E-state index in [0.29, 0.717) is 28.0 Å². The number of carbonyl (C=O) groups is 1. The smallest absolute Gasteiger partial charge is 0.338 e. The van der Waals surface area contributed by atoms with E-state index in [1.54, 1.807) is 24.8 Å². The van der Waals surface area contributed by atoms with Crippen LogP contribution in [0, 0.1) is 0 Å². The maximum Gasteiger partial charge on any atom is 0.338 e. The molecule has 7 heteroatoms. The van der Waals surface area contributed by atoms with Crippen LogP contribution in [-0.4, -0.2) is 17.7 Å². The molecule has 2 aromatic rings. The fourth-order valence-corrected chi connectivity index (χ4v) is 4.06. The summed E-state index contributed by atoms with van der Waals surface area (Å²) in [4.78, 5) is 17.3. The van der Waals surface area contributed by atoms with Gasteiger partial charge in [-0.3, -0.25) is 0 Å². The SMILES string of the molecule is CCOC(=O)C1=C(C)NC(SCc2ccc(Cl)c(Cl)c2)=N[C@@H]1c1ccccc1. The molecule has 1 atom stereocenters. The van der Waals surface area contributed by atoms with Crippen molar-refractivity contribution < 1.29 is 9.53 Å². The Morgan fingerprint density at radius 3 is 2.61 bits per heavy atom. The molecular formula is C21H20Cl2N2O2S. The molecule has 1 aliphatic rings. The van der Waals surface area contributed by atoms with Gasteiger partial charge in [0, 0.05) is 11.4 Å². The van der Waals surface area contributed by atoms with Crippen molar-refractivity contribution in [3.63, 3.8) is 0 Å². The molecule has 0 bridgehead atoms. The largest absolute Gasteiger partial charge is 0.463 e. The molecule has 0 fully saturated rings. The molecule has 0 aromatic heterocycles. The van der Waals surface area contributed by atoms with Gasteiger partial charge in [-0.15, -0.1) is 0 Å². The van der Waals surface area contributed by atoms with Crippen molar-refractivity contribution in [3.05, 3.63) is 81.0 Å². The topological polar surface area (TPSA) is 50.7 Å². The van der Waals surface area contributed by atoms with Crippen LogP contribution in [0.25, 0.3) is 0 Å². The van der Waals surface area contributed by atoms with Gasteiger partial charge in [0.15, 0.2) is 5.17 Å². The lowest BCUT2D eigenvalue weighted by Gasteiger charge is -2.25. The number of ether oxygens (including phenoxy) is 1. The minimum atomic E-state index is -0.405. The number of benzene rings is 2. The summed E-state index contributed by atoms with van der Waals surface area (Å²) in [5.74, 6) is 0.324. The first kappa shape index (κ1) is 20.8. The number of thioether (sulfide) groups is 1. The first-order valence-electron chi connectivity index (χ1n) is 8.84. The predicted molar refractivity (Wildman–Crippen MR) is 117 cm³/mol. The van der Waals surface area contributed by atoms with Crippen LogP contribution in [0.2, 0.25) is 10.0 Å². The lowest BCUT2D eigenvalue weighted by Crippen LogP contribution is -2.30. The third-order valence-corrected chi connectivity index (χ3v) is 5.89. The zero-order valence-electron chi connectivity index (χ0n) is 15.5. The normalized spacial score (nSPS) is 16.4. The van der Waals surface area contributed by atoms with Crippen LogP contribution in [0.3, 0.4) is 0 Å². The summed E-state index contributed by atoms with van der Waals surface area (Å²) in [7, 11) is 0. The highest BCUT2D eigenvalue weighted by Crippen LogP contribution is 2.33. The lowest BCUT2D eigenvalue weighted by molar-refractivity contribution is -0.138. The zero-order chi connectivity index (χ0) is 20.1. The van der Waals surface area contributed by atoms with E-state index >= 15 is 0 Å². The molecule has 146 valence electrons. The highest BCUT2D eigenvalue weighted by atomic mass is 35.5. The number of rotatable bonds is 5. The minimum absolute atomic E-state index is 0.319. The maximum atomic E-state index is 12.5. The van der Waals surface area contributed by atoms with Crippen molar-refractivity contribution >= 4 is 46.1 Å². The molecule has 0 amide bonds. The van der Waals surface area contributed by atoms with Crippen LogP contribution in [0.15, 0.2) is 64.8 Å². The summed E-state index contributed by atoms with van der Waals surface area (Å²) in [5.41, 5.74) is 3.27. The first-order valence-corrected chi connectivity index (χ1v) is 10.6. The molecule has 4 nitrogen and oxygen atoms in total. The number of allylic oxidation sites excluding steroid dienone is 1. The molecule has 28 heavy (non-hydrogen) atoms. The summed E-state index contributed by atoms with van der Waals surface area (Å²) >= 11 is 13.6. The third kappa shape index (κ3) is 4.90. The van der Waals surface area contributed by atoms with Crippen molar-refractivity contribution in [2.75, 3.05) is 6.61 Å². The van der Waals surface area contributed by atoms with Crippen LogP contribution in [0.1, 0.15) is 31.0 Å². The number of hydrogen-bond donors (Lipinski definition) is 1. The fraction of sp³-hybridized carbons (Fsp3) is 0.238. The number of nitrogens with zero attached hydrogens (tertiary/aromatic N) is 1. The van der Waals surface area contributed by atoms with Gasteiger partial charge in [-0.25, -0.2) is 9.79 Å². The van der Waals surface area contributed by atoms with E-state index in [1.165, 1.54) is 0 Å². The third-order valence-electron chi connectivity index (χ3n) is 4.19. The number of halogens is 2. The fourth-order valence-electron chi connectivity index (χ4n) is 2.85. The average Bonchev–Trinajstić information content (AvgIpc) is 2.69. The van der Waals surface area contributed by atoms with Gasteiger partial charge < -0.3 is 10.1 Å². The number of nitrogens with one attached hydrogen (secondary N) is 1. The van der Waals surface area contributed by atoms with Crippen LogP contribution < -0.4 is 5.32 Å². The Kier molecular flexibility index (Phi) is 7.05. The Hall–Kier alpha value is -1.95. The van der Waals surface area contributed by atoms with Crippen molar-refractivity contribution in [2.45, 2.75) is 25.6 Å². The van der Waals surface area contributed by atoms with Crippen molar-refractivity contribution in [3.8, 4) is 0 Å². The van der Waals surface area contributed by atoms with Gasteiger partial charge in [-0.05, 0) is 37.1 Å². The second-order valence-electron chi connectivity index (χ2n) is 6.17. The molecule has 0 saturated heterocycles. The van der Waals surface area contributed by atoms with Crippen LogP contribution >= 0.6 is 35.0 Å². The molecule has 1 heterocycles. The van der Waals surface area contributed by atoms with Crippen LogP contribution in [-0.2, 0) is 15.3 Å². The number of amidine groups is 1. The standard InChI is InChI=1S/C21H20Cl2N2O2S/c1-3-27-20(26)18-13(2)24-21(25-19(18)15-7-5-4-6-8-15)28-12-14-9-10-16(22)17(23)11-14/h4-11,19H,3,12H2,1-2H3,(H,24,25)/t19-/m1/s1. The van der Waals surface area contributed by atoms with Crippen molar-refractivity contribution in [1.29, 1.82) is 0 Å². The summed E-state index contributed by atoms with van der Waals surface area (Å²) in [6.07, 6.45) is 0. The number of carbonyl (C=O) groups excluding carboxylic acids is 1. The van der Waals surface area contributed by atoms with E-state index in [0.717, 1.165) is 22.0 Å². The van der Waals surface area contributed by atoms with Gasteiger partial charge in [0.25, 0.3) is 0 Å². The molecule has 0 unspecified atom stereocenters. The molecule has 0 spiro atoms. The molecule has 0 saturated carbocycles. The predicted octanol–water partition coefficient (Wildman–Crippen LogP) is 5.76. The van der Waals surface area contributed by atoms with E-state index in [2.05, 4.69) is 5.32 Å². The van der Waals surface area contributed by atoms with E-state index in [4.69, 9.17) is 32.9 Å². The Morgan fingerprint density at radius 1 is 1.18 bits per heavy atom. The maximum absolute atomic E-state index is 12.5. The first-order chi connectivity index (χ1) is 13.5. The summed E-state index contributed by atoms with van der Waals surface area (Å²) < 4.78 is 5.25. The lowest BCUT2D eigenvalue weighted by atomic mass is 9.97. The molecule has 1 N–H and O–H groups in total. The Labute approximate surface area is 179 Å². The van der Waals surface area contributed by atoms with Gasteiger partial charge in [-0.2, -0.15) is 0 Å². The van der Waals surface area contributed by atoms with Gasteiger partial charge in [-0.1, -0.05) is 71.4 Å².